The number of alkyl halides is 3. The average Bonchev–Trinajstić information content (AvgIpc) is 3.01. The SMILES string of the molecule is COCCN1CCC2(CC1)CC(NC(=O)C(C)C)c1ccccc12.O=C(O)C(F)(F)F. The number of benzene rings is 1. The summed E-state index contributed by atoms with van der Waals surface area (Å²) in [5.41, 5.74) is 3.03. The number of nitrogens with one attached hydrogen (secondary N) is 1. The van der Waals surface area contributed by atoms with Crippen LogP contribution in [0.15, 0.2) is 24.3 Å². The molecule has 0 radical (unpaired) electrons. The number of likely N-dealkylation sites (tertiary alicyclic amines) is 1. The summed E-state index contributed by atoms with van der Waals surface area (Å²) in [6.45, 7) is 7.96. The number of carbonyl (C=O) groups excluding carboxylic acids is 1. The number of amides is 1. The molecule has 1 spiro atoms. The normalized spacial score (nSPS) is 20.2. The van der Waals surface area contributed by atoms with Crippen molar-refractivity contribution in [3.63, 3.8) is 0 Å². The molecule has 0 aromatic heterocycles. The number of carboxylic acid groups (broad SMARTS) is 1. The zero-order chi connectivity index (χ0) is 23.2. The number of aliphatic carboxylic acids is 1. The number of fused-ring (bicyclic) bond motifs is 2. The maximum atomic E-state index is 12.2. The van der Waals surface area contributed by atoms with E-state index >= 15 is 0 Å². The standard InChI is InChI=1S/C20H30N2O2.C2HF3O2/c1-15(2)19(23)21-18-14-20(17-7-5-4-6-16(17)18)8-10-22(11-9-20)12-13-24-3;3-2(4,5)1(6)7/h4-7,15,18H,8-14H2,1-3H3,(H,21,23);(H,6,7). The van der Waals surface area contributed by atoms with Gasteiger partial charge in [-0.3, -0.25) is 4.79 Å². The molecule has 174 valence electrons. The predicted octanol–water partition coefficient (Wildman–Crippen LogP) is 3.52. The number of piperidine rings is 1. The Kier molecular flexibility index (Phi) is 8.48. The van der Waals surface area contributed by atoms with Crippen LogP contribution in [0.2, 0.25) is 0 Å². The molecule has 9 heteroatoms. The summed E-state index contributed by atoms with van der Waals surface area (Å²) in [6.07, 6.45) is -1.70. The maximum Gasteiger partial charge on any atom is 0.490 e. The van der Waals surface area contributed by atoms with E-state index in [0.717, 1.165) is 32.7 Å². The van der Waals surface area contributed by atoms with Gasteiger partial charge in [-0.1, -0.05) is 38.1 Å². The Labute approximate surface area is 180 Å². The zero-order valence-corrected chi connectivity index (χ0v) is 18.2. The molecule has 1 heterocycles. The molecule has 1 unspecified atom stereocenters. The van der Waals surface area contributed by atoms with Crippen LogP contribution >= 0.6 is 0 Å². The summed E-state index contributed by atoms with van der Waals surface area (Å²) in [5, 5.41) is 10.4. The van der Waals surface area contributed by atoms with Gasteiger partial charge >= 0.3 is 12.1 Å². The first-order chi connectivity index (χ1) is 14.5. The van der Waals surface area contributed by atoms with Crippen molar-refractivity contribution >= 4 is 11.9 Å². The van der Waals surface area contributed by atoms with Gasteiger partial charge in [0, 0.05) is 25.0 Å². The fourth-order valence-electron chi connectivity index (χ4n) is 4.26. The van der Waals surface area contributed by atoms with E-state index in [-0.39, 0.29) is 23.3 Å². The summed E-state index contributed by atoms with van der Waals surface area (Å²) in [6, 6.07) is 8.89. The fraction of sp³-hybridized carbons (Fsp3) is 0.636. The van der Waals surface area contributed by atoms with Gasteiger partial charge in [0.05, 0.1) is 12.6 Å². The molecule has 6 nitrogen and oxygen atoms in total. The first kappa shape index (κ1) is 25.1. The molecule has 1 aromatic carbocycles. The Morgan fingerprint density at radius 3 is 2.35 bits per heavy atom. The maximum absolute atomic E-state index is 12.2. The molecule has 0 saturated carbocycles. The summed E-state index contributed by atoms with van der Waals surface area (Å²) in [4.78, 5) is 23.6. The molecule has 1 aliphatic heterocycles. The van der Waals surface area contributed by atoms with Gasteiger partial charge in [0.25, 0.3) is 0 Å². The van der Waals surface area contributed by atoms with E-state index in [4.69, 9.17) is 14.6 Å². The topological polar surface area (TPSA) is 78.9 Å². The second-order valence-electron chi connectivity index (χ2n) is 8.42. The number of nitrogens with zero attached hydrogens (tertiary/aromatic N) is 1. The minimum Gasteiger partial charge on any atom is -0.475 e. The second kappa shape index (κ2) is 10.5. The largest absolute Gasteiger partial charge is 0.490 e. The minimum atomic E-state index is -5.08. The van der Waals surface area contributed by atoms with Gasteiger partial charge in [0.2, 0.25) is 5.91 Å². The van der Waals surface area contributed by atoms with E-state index in [1.165, 1.54) is 24.0 Å². The molecule has 3 rings (SSSR count). The molecule has 1 saturated heterocycles. The van der Waals surface area contributed by atoms with Crippen LogP contribution in [0.5, 0.6) is 0 Å². The Morgan fingerprint density at radius 1 is 1.26 bits per heavy atom. The van der Waals surface area contributed by atoms with Crippen molar-refractivity contribution in [2.75, 3.05) is 33.4 Å². The first-order valence-corrected chi connectivity index (χ1v) is 10.4. The van der Waals surface area contributed by atoms with E-state index in [2.05, 4.69) is 34.5 Å². The smallest absolute Gasteiger partial charge is 0.475 e. The summed E-state index contributed by atoms with van der Waals surface area (Å²) in [5.74, 6) is -2.57. The number of methoxy groups -OCH3 is 1. The van der Waals surface area contributed by atoms with Crippen molar-refractivity contribution in [2.24, 2.45) is 5.92 Å². The Balaban J connectivity index is 0.000000423. The molecular formula is C22H31F3N2O4. The van der Waals surface area contributed by atoms with Crippen LogP contribution in [0, 0.1) is 5.92 Å². The van der Waals surface area contributed by atoms with Crippen molar-refractivity contribution in [1.29, 1.82) is 0 Å². The number of halogens is 3. The van der Waals surface area contributed by atoms with Gasteiger partial charge in [-0.2, -0.15) is 13.2 Å². The molecule has 1 atom stereocenters. The average molecular weight is 444 g/mol. The van der Waals surface area contributed by atoms with E-state index in [1.54, 1.807) is 7.11 Å². The molecule has 31 heavy (non-hydrogen) atoms. The van der Waals surface area contributed by atoms with Gasteiger partial charge < -0.3 is 20.1 Å². The Hall–Kier alpha value is -2.13. The van der Waals surface area contributed by atoms with Crippen LogP contribution in [0.25, 0.3) is 0 Å². The summed E-state index contributed by atoms with van der Waals surface area (Å²) in [7, 11) is 1.76. The van der Waals surface area contributed by atoms with E-state index < -0.39 is 12.1 Å². The fourth-order valence-corrected chi connectivity index (χ4v) is 4.26. The number of carboxylic acids is 1. The van der Waals surface area contributed by atoms with Crippen molar-refractivity contribution in [2.45, 2.75) is 50.7 Å². The van der Waals surface area contributed by atoms with Crippen molar-refractivity contribution in [1.82, 2.24) is 10.2 Å². The van der Waals surface area contributed by atoms with Crippen molar-refractivity contribution < 1.29 is 32.6 Å². The number of hydrogen-bond acceptors (Lipinski definition) is 4. The van der Waals surface area contributed by atoms with E-state index in [9.17, 15) is 18.0 Å². The highest BCUT2D eigenvalue weighted by Gasteiger charge is 2.45. The third kappa shape index (κ3) is 6.43. The van der Waals surface area contributed by atoms with Gasteiger partial charge in [0.1, 0.15) is 0 Å². The monoisotopic (exact) mass is 444 g/mol. The molecule has 1 fully saturated rings. The van der Waals surface area contributed by atoms with Crippen molar-refractivity contribution in [3.8, 4) is 0 Å². The van der Waals surface area contributed by atoms with Gasteiger partial charge in [-0.05, 0) is 43.5 Å². The van der Waals surface area contributed by atoms with Crippen LogP contribution in [0.1, 0.15) is 50.3 Å². The Bertz CT molecular complexity index is 759. The number of rotatable bonds is 5. The lowest BCUT2D eigenvalue weighted by atomic mass is 9.73. The first-order valence-electron chi connectivity index (χ1n) is 10.4. The molecule has 2 N–H and O–H groups in total. The van der Waals surface area contributed by atoms with Crippen LogP contribution in [-0.2, 0) is 19.7 Å². The summed E-state index contributed by atoms with van der Waals surface area (Å²) < 4.78 is 36.9. The highest BCUT2D eigenvalue weighted by Crippen LogP contribution is 2.50. The lowest BCUT2D eigenvalue weighted by Gasteiger charge is -2.40. The van der Waals surface area contributed by atoms with E-state index in [0.29, 0.717) is 0 Å². The molecular weight excluding hydrogens is 413 g/mol. The van der Waals surface area contributed by atoms with Gasteiger partial charge in [0.15, 0.2) is 0 Å². The molecule has 1 amide bonds. The minimum absolute atomic E-state index is 0.0320. The number of carbonyl (C=O) groups is 2. The lowest BCUT2D eigenvalue weighted by Crippen LogP contribution is -2.43. The quantitative estimate of drug-likeness (QED) is 0.727. The number of ether oxygens (including phenoxy) is 1. The molecule has 1 aliphatic carbocycles. The van der Waals surface area contributed by atoms with Crippen LogP contribution < -0.4 is 5.32 Å². The highest BCUT2D eigenvalue weighted by atomic mass is 19.4. The van der Waals surface area contributed by atoms with Crippen LogP contribution in [-0.4, -0.2) is 61.4 Å². The molecule has 1 aromatic rings. The zero-order valence-electron chi connectivity index (χ0n) is 18.2. The number of hydrogen-bond donors (Lipinski definition) is 2. The second-order valence-corrected chi connectivity index (χ2v) is 8.42. The van der Waals surface area contributed by atoms with Gasteiger partial charge in [-0.15, -0.1) is 0 Å². The predicted molar refractivity (Wildman–Crippen MR) is 110 cm³/mol. The van der Waals surface area contributed by atoms with Gasteiger partial charge in [-0.25, -0.2) is 4.79 Å². The molecule has 0 bridgehead atoms. The molecule has 2 aliphatic rings. The van der Waals surface area contributed by atoms with Crippen molar-refractivity contribution in [3.05, 3.63) is 35.4 Å². The van der Waals surface area contributed by atoms with E-state index in [1.807, 2.05) is 13.8 Å². The summed E-state index contributed by atoms with van der Waals surface area (Å²) >= 11 is 0. The van der Waals surface area contributed by atoms with Crippen LogP contribution in [0.4, 0.5) is 13.2 Å². The Morgan fingerprint density at radius 2 is 1.84 bits per heavy atom. The third-order valence-electron chi connectivity index (χ3n) is 6.01. The highest BCUT2D eigenvalue weighted by molar-refractivity contribution is 5.78. The third-order valence-corrected chi connectivity index (χ3v) is 6.01. The van der Waals surface area contributed by atoms with Crippen LogP contribution in [0.3, 0.4) is 0 Å². The lowest BCUT2D eigenvalue weighted by molar-refractivity contribution is -0.192.